The Balaban J connectivity index is 1.44. The number of sulfonamides is 1. The van der Waals surface area contributed by atoms with Gasteiger partial charge in [-0.05, 0) is 68.1 Å². The van der Waals surface area contributed by atoms with E-state index in [1.165, 1.54) is 33.8 Å². The van der Waals surface area contributed by atoms with Crippen LogP contribution in [0.5, 0.6) is 0 Å². The number of nitrogens with zero attached hydrogens (tertiary/aromatic N) is 3. The van der Waals surface area contributed by atoms with Gasteiger partial charge in [-0.15, -0.1) is 0 Å². The SMILES string of the molecule is CS(=O)(=O)c1ccc2nc(N(CC3CCCO3)C(=O)c3ccc(S(=O)(=O)N4CCCCCC4)cc3)sc2c1. The molecule has 204 valence electrons. The Kier molecular flexibility index (Phi) is 7.88. The third-order valence-corrected chi connectivity index (χ3v) is 11.0. The van der Waals surface area contributed by atoms with Gasteiger partial charge in [0.2, 0.25) is 10.0 Å². The van der Waals surface area contributed by atoms with Crippen LogP contribution in [0.1, 0.15) is 48.9 Å². The zero-order valence-corrected chi connectivity index (χ0v) is 23.7. The van der Waals surface area contributed by atoms with Crippen molar-refractivity contribution in [3.8, 4) is 0 Å². The fourth-order valence-corrected chi connectivity index (χ4v) is 8.09. The molecular formula is C26H31N3O6S3. The maximum atomic E-state index is 13.7. The van der Waals surface area contributed by atoms with Gasteiger partial charge in [0.15, 0.2) is 15.0 Å². The summed E-state index contributed by atoms with van der Waals surface area (Å²) in [5, 5.41) is 0.437. The van der Waals surface area contributed by atoms with Crippen LogP contribution in [0.3, 0.4) is 0 Å². The average molecular weight is 578 g/mol. The number of ether oxygens (including phenoxy) is 1. The topological polar surface area (TPSA) is 114 Å². The predicted octanol–water partition coefficient (Wildman–Crippen LogP) is 4.09. The lowest BCUT2D eigenvalue weighted by Gasteiger charge is -2.23. The number of aromatic nitrogens is 1. The van der Waals surface area contributed by atoms with Gasteiger partial charge in [0.1, 0.15) is 0 Å². The maximum Gasteiger partial charge on any atom is 0.260 e. The molecule has 2 aliphatic heterocycles. The highest BCUT2D eigenvalue weighted by Gasteiger charge is 2.29. The molecule has 1 aromatic heterocycles. The van der Waals surface area contributed by atoms with Crippen molar-refractivity contribution < 1.29 is 26.4 Å². The summed E-state index contributed by atoms with van der Waals surface area (Å²) in [4.78, 5) is 20.3. The van der Waals surface area contributed by atoms with Crippen molar-refractivity contribution in [2.75, 3.05) is 37.4 Å². The highest BCUT2D eigenvalue weighted by atomic mass is 32.2. The lowest BCUT2D eigenvalue weighted by atomic mass is 10.2. The van der Waals surface area contributed by atoms with Crippen LogP contribution in [0.15, 0.2) is 52.3 Å². The lowest BCUT2D eigenvalue weighted by molar-refractivity contribution is 0.0917. The van der Waals surface area contributed by atoms with E-state index in [-0.39, 0.29) is 21.8 Å². The van der Waals surface area contributed by atoms with Crippen molar-refractivity contribution in [1.29, 1.82) is 0 Å². The average Bonchev–Trinajstić information content (AvgIpc) is 3.48. The van der Waals surface area contributed by atoms with Crippen molar-refractivity contribution >= 4 is 52.5 Å². The summed E-state index contributed by atoms with van der Waals surface area (Å²) >= 11 is 1.24. The molecule has 0 aliphatic carbocycles. The smallest absolute Gasteiger partial charge is 0.260 e. The quantitative estimate of drug-likeness (QED) is 0.416. The van der Waals surface area contributed by atoms with Crippen LogP contribution in [-0.2, 0) is 24.6 Å². The molecule has 1 atom stereocenters. The Hall–Kier alpha value is -2.38. The molecule has 0 saturated carbocycles. The molecule has 0 N–H and O–H groups in total. The van der Waals surface area contributed by atoms with Gasteiger partial charge in [-0.2, -0.15) is 4.31 Å². The molecular weight excluding hydrogens is 547 g/mol. The van der Waals surface area contributed by atoms with Gasteiger partial charge in [0.05, 0.1) is 32.7 Å². The van der Waals surface area contributed by atoms with E-state index in [4.69, 9.17) is 4.74 Å². The minimum atomic E-state index is -3.62. The number of benzene rings is 2. The molecule has 5 rings (SSSR count). The van der Waals surface area contributed by atoms with E-state index in [0.717, 1.165) is 44.8 Å². The van der Waals surface area contributed by atoms with E-state index in [2.05, 4.69) is 4.98 Å². The Morgan fingerprint density at radius 3 is 2.32 bits per heavy atom. The minimum Gasteiger partial charge on any atom is -0.376 e. The monoisotopic (exact) mass is 577 g/mol. The Morgan fingerprint density at radius 2 is 1.68 bits per heavy atom. The van der Waals surface area contributed by atoms with Crippen LogP contribution in [-0.4, -0.2) is 70.6 Å². The van der Waals surface area contributed by atoms with Crippen molar-refractivity contribution in [3.05, 3.63) is 48.0 Å². The normalized spacial score (nSPS) is 19.4. The summed E-state index contributed by atoms with van der Waals surface area (Å²) in [6, 6.07) is 10.8. The Labute approximate surface area is 227 Å². The van der Waals surface area contributed by atoms with Crippen LogP contribution in [0.4, 0.5) is 5.13 Å². The maximum absolute atomic E-state index is 13.7. The van der Waals surface area contributed by atoms with E-state index in [1.807, 2.05) is 0 Å². The van der Waals surface area contributed by atoms with Crippen LogP contribution < -0.4 is 4.90 Å². The van der Waals surface area contributed by atoms with Crippen LogP contribution in [0, 0.1) is 0 Å². The molecule has 3 heterocycles. The zero-order valence-electron chi connectivity index (χ0n) is 21.2. The third kappa shape index (κ3) is 5.79. The number of amides is 1. The van der Waals surface area contributed by atoms with Gasteiger partial charge in [0.25, 0.3) is 5.91 Å². The largest absolute Gasteiger partial charge is 0.376 e. The van der Waals surface area contributed by atoms with E-state index >= 15 is 0 Å². The number of carbonyl (C=O) groups is 1. The first-order valence-corrected chi connectivity index (χ1v) is 16.9. The van der Waals surface area contributed by atoms with Crippen molar-refractivity contribution in [2.24, 2.45) is 0 Å². The molecule has 0 spiro atoms. The first kappa shape index (κ1) is 27.2. The summed E-state index contributed by atoms with van der Waals surface area (Å²) < 4.78 is 58.3. The molecule has 1 amide bonds. The van der Waals surface area contributed by atoms with Crippen molar-refractivity contribution in [3.63, 3.8) is 0 Å². The standard InChI is InChI=1S/C26H31N3O6S3/c1-37(31,32)22-12-13-23-24(17-22)36-26(27-23)29(18-20-7-6-16-35-20)25(30)19-8-10-21(11-9-19)38(33,34)28-14-4-2-3-5-15-28/h8-13,17,20H,2-7,14-16,18H2,1H3. The van der Waals surface area contributed by atoms with E-state index in [9.17, 15) is 21.6 Å². The van der Waals surface area contributed by atoms with Gasteiger partial charge in [-0.1, -0.05) is 24.2 Å². The molecule has 1 unspecified atom stereocenters. The molecule has 2 fully saturated rings. The number of rotatable bonds is 7. The molecule has 9 nitrogen and oxygen atoms in total. The molecule has 2 aromatic carbocycles. The molecule has 0 bridgehead atoms. The first-order valence-electron chi connectivity index (χ1n) is 12.8. The number of carbonyl (C=O) groups excluding carboxylic acids is 1. The second-order valence-electron chi connectivity index (χ2n) is 9.79. The molecule has 2 aliphatic rings. The Morgan fingerprint density at radius 1 is 1.00 bits per heavy atom. The highest BCUT2D eigenvalue weighted by molar-refractivity contribution is 7.90. The van der Waals surface area contributed by atoms with E-state index in [1.54, 1.807) is 29.2 Å². The first-order chi connectivity index (χ1) is 18.1. The van der Waals surface area contributed by atoms with Crippen LogP contribution in [0.2, 0.25) is 0 Å². The summed E-state index contributed by atoms with van der Waals surface area (Å²) in [6.45, 7) is 1.95. The molecule has 0 radical (unpaired) electrons. The minimum absolute atomic E-state index is 0.139. The molecule has 12 heteroatoms. The summed E-state index contributed by atoms with van der Waals surface area (Å²) in [6.07, 6.45) is 6.50. The Bertz CT molecular complexity index is 1520. The van der Waals surface area contributed by atoms with Crippen molar-refractivity contribution in [1.82, 2.24) is 9.29 Å². The van der Waals surface area contributed by atoms with Gasteiger partial charge in [-0.3, -0.25) is 9.69 Å². The number of sulfone groups is 1. The van der Waals surface area contributed by atoms with Crippen LogP contribution in [0.25, 0.3) is 10.2 Å². The number of fused-ring (bicyclic) bond motifs is 1. The van der Waals surface area contributed by atoms with E-state index in [0.29, 0.717) is 47.2 Å². The third-order valence-electron chi connectivity index (χ3n) is 6.97. The van der Waals surface area contributed by atoms with Gasteiger partial charge >= 0.3 is 0 Å². The highest BCUT2D eigenvalue weighted by Crippen LogP contribution is 2.32. The molecule has 2 saturated heterocycles. The number of anilines is 1. The second-order valence-corrected chi connectivity index (χ2v) is 14.8. The second kappa shape index (κ2) is 11.0. The number of thiazole rings is 1. The summed E-state index contributed by atoms with van der Waals surface area (Å²) in [7, 11) is -7.01. The summed E-state index contributed by atoms with van der Waals surface area (Å²) in [5.41, 5.74) is 0.940. The van der Waals surface area contributed by atoms with Gasteiger partial charge < -0.3 is 4.74 Å². The zero-order chi connectivity index (χ0) is 26.9. The van der Waals surface area contributed by atoms with Crippen molar-refractivity contribution in [2.45, 2.75) is 54.4 Å². The van der Waals surface area contributed by atoms with Crippen LogP contribution >= 0.6 is 11.3 Å². The fourth-order valence-electron chi connectivity index (χ4n) is 4.84. The lowest BCUT2D eigenvalue weighted by Crippen LogP contribution is -2.37. The van der Waals surface area contributed by atoms with Gasteiger partial charge in [0, 0.05) is 31.5 Å². The summed E-state index contributed by atoms with van der Waals surface area (Å²) in [5.74, 6) is -0.318. The number of hydrogen-bond acceptors (Lipinski definition) is 8. The molecule has 3 aromatic rings. The van der Waals surface area contributed by atoms with E-state index < -0.39 is 19.9 Å². The fraction of sp³-hybridized carbons (Fsp3) is 0.462. The molecule has 38 heavy (non-hydrogen) atoms. The van der Waals surface area contributed by atoms with Gasteiger partial charge in [-0.25, -0.2) is 21.8 Å². The predicted molar refractivity (Wildman–Crippen MR) is 147 cm³/mol. The number of hydrogen-bond donors (Lipinski definition) is 0.